The van der Waals surface area contributed by atoms with Gasteiger partial charge in [0.15, 0.2) is 5.96 Å². The first-order valence-electron chi connectivity index (χ1n) is 9.97. The van der Waals surface area contributed by atoms with Gasteiger partial charge in [-0.25, -0.2) is 0 Å². The van der Waals surface area contributed by atoms with Crippen LogP contribution >= 0.6 is 24.0 Å². The molecule has 0 atom stereocenters. The number of likely N-dealkylation sites (tertiary alicyclic amines) is 1. The molecular weight excluding hydrogens is 467 g/mol. The maximum atomic E-state index is 11.9. The summed E-state index contributed by atoms with van der Waals surface area (Å²) in [5.41, 5.74) is 2.39. The van der Waals surface area contributed by atoms with E-state index in [-0.39, 0.29) is 29.9 Å². The number of ether oxygens (including phenoxy) is 1. The van der Waals surface area contributed by atoms with Crippen LogP contribution < -0.4 is 10.6 Å². The first-order valence-corrected chi connectivity index (χ1v) is 9.97. The number of hydrogen-bond acceptors (Lipinski definition) is 3. The quantitative estimate of drug-likeness (QED) is 0.223. The molecule has 1 aliphatic heterocycles. The molecule has 1 aromatic carbocycles. The van der Waals surface area contributed by atoms with Crippen molar-refractivity contribution in [2.45, 2.75) is 46.2 Å². The summed E-state index contributed by atoms with van der Waals surface area (Å²) in [7, 11) is 1.78. The second-order valence-corrected chi connectivity index (χ2v) is 7.36. The molecular formula is C21H35IN4O2. The first-order chi connectivity index (χ1) is 13.1. The standard InChI is InChI=1S/C21H34N4O2.HI/c1-17(2)16-27-13-7-11-23-21(22-3)24-14-18-8-4-5-9-19(18)15-25-12-6-10-20(25)26;/h4-5,8-9,17H,6-7,10-16H2,1-3H3,(H2,22,23,24);1H. The average molecular weight is 502 g/mol. The van der Waals surface area contributed by atoms with Crippen molar-refractivity contribution in [2.75, 3.05) is 33.4 Å². The minimum atomic E-state index is 0. The van der Waals surface area contributed by atoms with Crippen LogP contribution in [0.3, 0.4) is 0 Å². The summed E-state index contributed by atoms with van der Waals surface area (Å²) >= 11 is 0. The Hall–Kier alpha value is -1.35. The number of rotatable bonds is 10. The molecule has 0 aliphatic carbocycles. The number of guanidine groups is 1. The summed E-state index contributed by atoms with van der Waals surface area (Å²) in [6.07, 6.45) is 2.59. The number of nitrogens with zero attached hydrogens (tertiary/aromatic N) is 2. The minimum Gasteiger partial charge on any atom is -0.381 e. The van der Waals surface area contributed by atoms with E-state index in [0.29, 0.717) is 25.4 Å². The molecule has 0 saturated carbocycles. The third kappa shape index (κ3) is 8.77. The summed E-state index contributed by atoms with van der Waals surface area (Å²) in [6, 6.07) is 8.28. The van der Waals surface area contributed by atoms with Crippen molar-refractivity contribution >= 4 is 35.8 Å². The summed E-state index contributed by atoms with van der Waals surface area (Å²) in [6.45, 7) is 8.93. The highest BCUT2D eigenvalue weighted by Crippen LogP contribution is 2.17. The van der Waals surface area contributed by atoms with Crippen LogP contribution in [-0.2, 0) is 22.6 Å². The molecule has 1 amide bonds. The van der Waals surface area contributed by atoms with Gasteiger partial charge in [-0.15, -0.1) is 24.0 Å². The fraction of sp³-hybridized carbons (Fsp3) is 0.619. The number of carbonyl (C=O) groups excluding carboxylic acids is 1. The van der Waals surface area contributed by atoms with Crippen LogP contribution in [0.15, 0.2) is 29.3 Å². The lowest BCUT2D eigenvalue weighted by Crippen LogP contribution is -2.38. The number of aliphatic imine (C=N–C) groups is 1. The fourth-order valence-electron chi connectivity index (χ4n) is 3.06. The molecule has 2 rings (SSSR count). The topological polar surface area (TPSA) is 66.0 Å². The van der Waals surface area contributed by atoms with Gasteiger partial charge < -0.3 is 20.3 Å². The molecule has 7 heteroatoms. The Labute approximate surface area is 186 Å². The zero-order valence-corrected chi connectivity index (χ0v) is 19.7. The van der Waals surface area contributed by atoms with Crippen LogP contribution in [0.25, 0.3) is 0 Å². The van der Waals surface area contributed by atoms with Crippen molar-refractivity contribution in [2.24, 2.45) is 10.9 Å². The molecule has 1 aliphatic rings. The molecule has 0 spiro atoms. The summed E-state index contributed by atoms with van der Waals surface area (Å²) in [4.78, 5) is 18.1. The molecule has 158 valence electrons. The van der Waals surface area contributed by atoms with Crippen molar-refractivity contribution in [1.29, 1.82) is 0 Å². The Bertz CT molecular complexity index is 622. The second-order valence-electron chi connectivity index (χ2n) is 7.36. The number of hydrogen-bond donors (Lipinski definition) is 2. The molecule has 2 N–H and O–H groups in total. The third-order valence-electron chi connectivity index (χ3n) is 4.53. The van der Waals surface area contributed by atoms with E-state index in [1.807, 2.05) is 17.0 Å². The maximum Gasteiger partial charge on any atom is 0.222 e. The van der Waals surface area contributed by atoms with Gasteiger partial charge in [-0.05, 0) is 29.9 Å². The lowest BCUT2D eigenvalue weighted by atomic mass is 10.1. The van der Waals surface area contributed by atoms with Crippen LogP contribution in [0.4, 0.5) is 0 Å². The fourth-order valence-corrected chi connectivity index (χ4v) is 3.06. The Morgan fingerprint density at radius 1 is 1.25 bits per heavy atom. The van der Waals surface area contributed by atoms with Gasteiger partial charge in [0.05, 0.1) is 0 Å². The van der Waals surface area contributed by atoms with E-state index in [1.54, 1.807) is 7.05 Å². The zero-order valence-electron chi connectivity index (χ0n) is 17.4. The minimum absolute atomic E-state index is 0. The molecule has 1 saturated heterocycles. The smallest absolute Gasteiger partial charge is 0.222 e. The maximum absolute atomic E-state index is 11.9. The Morgan fingerprint density at radius 2 is 2.00 bits per heavy atom. The molecule has 0 bridgehead atoms. The van der Waals surface area contributed by atoms with E-state index in [1.165, 1.54) is 11.1 Å². The normalized spacial score (nSPS) is 14.4. The van der Waals surface area contributed by atoms with Crippen molar-refractivity contribution in [3.05, 3.63) is 35.4 Å². The second kappa shape index (κ2) is 13.8. The van der Waals surface area contributed by atoms with Gasteiger partial charge in [0.2, 0.25) is 5.91 Å². The van der Waals surface area contributed by atoms with Gasteiger partial charge in [-0.1, -0.05) is 38.1 Å². The monoisotopic (exact) mass is 502 g/mol. The number of halogens is 1. The molecule has 1 fully saturated rings. The predicted octanol–water partition coefficient (Wildman–Crippen LogP) is 3.15. The van der Waals surface area contributed by atoms with E-state index in [2.05, 4.69) is 41.6 Å². The number of nitrogens with one attached hydrogen (secondary N) is 2. The van der Waals surface area contributed by atoms with Gasteiger partial charge >= 0.3 is 0 Å². The van der Waals surface area contributed by atoms with Gasteiger partial charge in [-0.2, -0.15) is 0 Å². The lowest BCUT2D eigenvalue weighted by molar-refractivity contribution is -0.128. The molecule has 1 heterocycles. The van der Waals surface area contributed by atoms with Gasteiger partial charge in [0, 0.05) is 52.9 Å². The molecule has 28 heavy (non-hydrogen) atoms. The van der Waals surface area contributed by atoms with E-state index in [9.17, 15) is 4.79 Å². The van der Waals surface area contributed by atoms with Crippen molar-refractivity contribution < 1.29 is 9.53 Å². The van der Waals surface area contributed by atoms with Gasteiger partial charge in [-0.3, -0.25) is 9.79 Å². The van der Waals surface area contributed by atoms with Gasteiger partial charge in [0.1, 0.15) is 0 Å². The van der Waals surface area contributed by atoms with Crippen molar-refractivity contribution in [3.8, 4) is 0 Å². The highest BCUT2D eigenvalue weighted by molar-refractivity contribution is 14.0. The van der Waals surface area contributed by atoms with Crippen molar-refractivity contribution in [1.82, 2.24) is 15.5 Å². The lowest BCUT2D eigenvalue weighted by Gasteiger charge is -2.19. The number of carbonyl (C=O) groups is 1. The SMILES string of the molecule is CN=C(NCCCOCC(C)C)NCc1ccccc1CN1CCCC1=O.I. The largest absolute Gasteiger partial charge is 0.381 e. The van der Waals surface area contributed by atoms with Gasteiger partial charge in [0.25, 0.3) is 0 Å². The molecule has 0 aromatic heterocycles. The predicted molar refractivity (Wildman–Crippen MR) is 125 cm³/mol. The highest BCUT2D eigenvalue weighted by Gasteiger charge is 2.20. The van der Waals surface area contributed by atoms with Crippen LogP contribution in [0, 0.1) is 5.92 Å². The average Bonchev–Trinajstić information content (AvgIpc) is 3.06. The van der Waals surface area contributed by atoms with Crippen LogP contribution in [0.1, 0.15) is 44.2 Å². The van der Waals surface area contributed by atoms with Crippen LogP contribution in [0.2, 0.25) is 0 Å². The Balaban J connectivity index is 0.00000392. The Morgan fingerprint density at radius 3 is 2.64 bits per heavy atom. The molecule has 6 nitrogen and oxygen atoms in total. The summed E-state index contributed by atoms with van der Waals surface area (Å²) < 4.78 is 5.60. The van der Waals surface area contributed by atoms with E-state index in [0.717, 1.165) is 45.1 Å². The van der Waals surface area contributed by atoms with Crippen molar-refractivity contribution in [3.63, 3.8) is 0 Å². The van der Waals surface area contributed by atoms with E-state index >= 15 is 0 Å². The van der Waals surface area contributed by atoms with E-state index in [4.69, 9.17) is 4.74 Å². The molecule has 1 aromatic rings. The van der Waals surface area contributed by atoms with E-state index < -0.39 is 0 Å². The van der Waals surface area contributed by atoms with Crippen LogP contribution in [0.5, 0.6) is 0 Å². The summed E-state index contributed by atoms with van der Waals surface area (Å²) in [5, 5.41) is 6.69. The highest BCUT2D eigenvalue weighted by atomic mass is 127. The third-order valence-corrected chi connectivity index (χ3v) is 4.53. The number of benzene rings is 1. The zero-order chi connectivity index (χ0) is 19.5. The van der Waals surface area contributed by atoms with Crippen LogP contribution in [-0.4, -0.2) is 50.1 Å². The summed E-state index contributed by atoms with van der Waals surface area (Å²) in [5.74, 6) is 1.61. The molecule has 0 radical (unpaired) electrons. The molecule has 0 unspecified atom stereocenters. The Kier molecular flexibility index (Phi) is 12.1. The number of amides is 1. The first kappa shape index (κ1) is 24.7.